The van der Waals surface area contributed by atoms with Crippen LogP contribution in [0.2, 0.25) is 0 Å². The second-order valence-electron chi connectivity index (χ2n) is 2.92. The topological polar surface area (TPSA) is 65.7 Å². The van der Waals surface area contributed by atoms with Gasteiger partial charge in [-0.1, -0.05) is 18.7 Å². The van der Waals surface area contributed by atoms with E-state index < -0.39 is 5.69 Å². The maximum atomic E-state index is 11.4. The lowest BCUT2D eigenvalue weighted by Gasteiger charge is -1.97. The Balaban J connectivity index is 2.96. The Morgan fingerprint density at radius 3 is 2.71 bits per heavy atom. The number of hydrogen-bond donors (Lipinski definition) is 2. The Morgan fingerprint density at radius 2 is 2.00 bits per heavy atom. The van der Waals surface area contributed by atoms with Gasteiger partial charge in [0.25, 0.3) is 5.56 Å². The fraction of sp³-hybridized carbons (Fsp3) is 0. The highest BCUT2D eigenvalue weighted by Gasteiger charge is 1.99. The van der Waals surface area contributed by atoms with Gasteiger partial charge >= 0.3 is 5.69 Å². The molecular formula is C10H8N2O2. The summed E-state index contributed by atoms with van der Waals surface area (Å²) >= 11 is 0. The fourth-order valence-electron chi connectivity index (χ4n) is 1.31. The molecule has 0 saturated heterocycles. The Bertz CT molecular complexity index is 607. The maximum absolute atomic E-state index is 11.4. The first-order valence-corrected chi connectivity index (χ1v) is 4.09. The number of aromatic nitrogens is 2. The zero-order chi connectivity index (χ0) is 10.1. The molecule has 70 valence electrons. The van der Waals surface area contributed by atoms with Crippen molar-refractivity contribution in [3.8, 4) is 0 Å². The standard InChI is InChI=1S/C10H8N2O2/c1-2-6-3-4-8-7(5-6)9(13)12-10(14)11-8/h2-5H,1H2,(H2,11,12,13,14). The summed E-state index contributed by atoms with van der Waals surface area (Å²) in [7, 11) is 0. The highest BCUT2D eigenvalue weighted by Crippen LogP contribution is 2.08. The number of H-pyrrole nitrogens is 2. The second-order valence-corrected chi connectivity index (χ2v) is 2.92. The largest absolute Gasteiger partial charge is 0.326 e. The summed E-state index contributed by atoms with van der Waals surface area (Å²) < 4.78 is 0. The van der Waals surface area contributed by atoms with Crippen molar-refractivity contribution in [2.45, 2.75) is 0 Å². The van der Waals surface area contributed by atoms with E-state index in [1.807, 2.05) is 0 Å². The molecule has 0 amide bonds. The van der Waals surface area contributed by atoms with E-state index in [0.717, 1.165) is 5.56 Å². The van der Waals surface area contributed by atoms with Gasteiger partial charge in [0.15, 0.2) is 0 Å². The van der Waals surface area contributed by atoms with Crippen LogP contribution in [0.3, 0.4) is 0 Å². The molecule has 0 unspecified atom stereocenters. The highest BCUT2D eigenvalue weighted by atomic mass is 16.2. The molecule has 2 N–H and O–H groups in total. The number of nitrogens with one attached hydrogen (secondary N) is 2. The summed E-state index contributed by atoms with van der Waals surface area (Å²) in [6, 6.07) is 5.14. The van der Waals surface area contributed by atoms with Gasteiger partial charge in [-0.3, -0.25) is 9.78 Å². The van der Waals surface area contributed by atoms with Crippen molar-refractivity contribution >= 4 is 17.0 Å². The zero-order valence-electron chi connectivity index (χ0n) is 7.33. The first kappa shape index (κ1) is 8.50. The molecule has 1 aromatic heterocycles. The molecule has 0 saturated carbocycles. The van der Waals surface area contributed by atoms with Crippen LogP contribution in [-0.4, -0.2) is 9.97 Å². The van der Waals surface area contributed by atoms with Crippen LogP contribution >= 0.6 is 0 Å². The minimum atomic E-state index is -0.492. The predicted molar refractivity (Wildman–Crippen MR) is 55.3 cm³/mol. The third-order valence-electron chi connectivity index (χ3n) is 2.00. The van der Waals surface area contributed by atoms with Crippen LogP contribution in [0.15, 0.2) is 34.4 Å². The van der Waals surface area contributed by atoms with Crippen molar-refractivity contribution in [3.63, 3.8) is 0 Å². The van der Waals surface area contributed by atoms with E-state index in [9.17, 15) is 9.59 Å². The molecule has 4 heteroatoms. The zero-order valence-corrected chi connectivity index (χ0v) is 7.33. The third-order valence-corrected chi connectivity index (χ3v) is 2.00. The number of hydrogen-bond acceptors (Lipinski definition) is 2. The molecule has 0 aliphatic heterocycles. The number of aromatic amines is 2. The van der Waals surface area contributed by atoms with E-state index in [1.165, 1.54) is 0 Å². The van der Waals surface area contributed by atoms with Crippen LogP contribution < -0.4 is 11.2 Å². The van der Waals surface area contributed by atoms with Crippen molar-refractivity contribution in [1.82, 2.24) is 9.97 Å². The van der Waals surface area contributed by atoms with E-state index in [-0.39, 0.29) is 5.56 Å². The summed E-state index contributed by atoms with van der Waals surface area (Å²) in [6.45, 7) is 3.60. The lowest BCUT2D eigenvalue weighted by Crippen LogP contribution is -2.21. The van der Waals surface area contributed by atoms with E-state index in [0.29, 0.717) is 10.9 Å². The van der Waals surface area contributed by atoms with E-state index in [2.05, 4.69) is 16.5 Å². The molecule has 1 heterocycles. The number of fused-ring (bicyclic) bond motifs is 1. The minimum absolute atomic E-state index is 0.382. The molecule has 14 heavy (non-hydrogen) atoms. The van der Waals surface area contributed by atoms with Crippen LogP contribution in [0.5, 0.6) is 0 Å². The Labute approximate surface area is 78.9 Å². The molecule has 0 atom stereocenters. The lowest BCUT2D eigenvalue weighted by molar-refractivity contribution is 1.08. The van der Waals surface area contributed by atoms with Crippen molar-refractivity contribution < 1.29 is 0 Å². The molecule has 0 bridgehead atoms. The summed E-state index contributed by atoms with van der Waals surface area (Å²) in [5.74, 6) is 0. The monoisotopic (exact) mass is 188 g/mol. The molecule has 0 aliphatic rings. The fourth-order valence-corrected chi connectivity index (χ4v) is 1.31. The van der Waals surface area contributed by atoms with Gasteiger partial charge in [0.05, 0.1) is 10.9 Å². The van der Waals surface area contributed by atoms with Gasteiger partial charge in [0.2, 0.25) is 0 Å². The van der Waals surface area contributed by atoms with Crippen LogP contribution in [0.25, 0.3) is 17.0 Å². The van der Waals surface area contributed by atoms with Gasteiger partial charge in [-0.05, 0) is 17.7 Å². The molecule has 4 nitrogen and oxygen atoms in total. The normalized spacial score (nSPS) is 10.3. The van der Waals surface area contributed by atoms with E-state index in [1.54, 1.807) is 24.3 Å². The van der Waals surface area contributed by atoms with Crippen LogP contribution in [0.4, 0.5) is 0 Å². The smallest absolute Gasteiger partial charge is 0.307 e. The van der Waals surface area contributed by atoms with Crippen molar-refractivity contribution in [2.75, 3.05) is 0 Å². The Kier molecular flexibility index (Phi) is 1.81. The molecule has 2 aromatic rings. The molecule has 0 aliphatic carbocycles. The average Bonchev–Trinajstić information content (AvgIpc) is 2.17. The SMILES string of the molecule is C=Cc1ccc2[nH]c(=O)[nH]c(=O)c2c1. The van der Waals surface area contributed by atoms with E-state index >= 15 is 0 Å². The van der Waals surface area contributed by atoms with Crippen molar-refractivity contribution in [2.24, 2.45) is 0 Å². The van der Waals surface area contributed by atoms with Gasteiger partial charge in [-0.25, -0.2) is 4.79 Å². The van der Waals surface area contributed by atoms with Gasteiger partial charge in [-0.15, -0.1) is 0 Å². The lowest BCUT2D eigenvalue weighted by atomic mass is 10.1. The number of rotatable bonds is 1. The highest BCUT2D eigenvalue weighted by molar-refractivity contribution is 5.79. The van der Waals surface area contributed by atoms with Gasteiger partial charge in [0.1, 0.15) is 0 Å². The van der Waals surface area contributed by atoms with Crippen LogP contribution in [0, 0.1) is 0 Å². The predicted octanol–water partition coefficient (Wildman–Crippen LogP) is 0.859. The molecule has 0 spiro atoms. The summed E-state index contributed by atoms with van der Waals surface area (Å²) in [4.78, 5) is 27.0. The van der Waals surface area contributed by atoms with Crippen molar-refractivity contribution in [1.29, 1.82) is 0 Å². The van der Waals surface area contributed by atoms with Crippen LogP contribution in [-0.2, 0) is 0 Å². The first-order valence-electron chi connectivity index (χ1n) is 4.09. The second kappa shape index (κ2) is 2.99. The molecule has 0 fully saturated rings. The Hall–Kier alpha value is -2.10. The maximum Gasteiger partial charge on any atom is 0.326 e. The average molecular weight is 188 g/mol. The van der Waals surface area contributed by atoms with Crippen molar-refractivity contribution in [3.05, 3.63) is 51.2 Å². The minimum Gasteiger partial charge on any atom is -0.307 e. The molecule has 0 radical (unpaired) electrons. The molecule has 1 aromatic carbocycles. The van der Waals surface area contributed by atoms with Gasteiger partial charge < -0.3 is 4.98 Å². The summed E-state index contributed by atoms with van der Waals surface area (Å²) in [5, 5.41) is 0.460. The summed E-state index contributed by atoms with van der Waals surface area (Å²) in [5.41, 5.74) is 0.501. The van der Waals surface area contributed by atoms with Gasteiger partial charge in [-0.2, -0.15) is 0 Å². The third kappa shape index (κ3) is 1.26. The van der Waals surface area contributed by atoms with Crippen LogP contribution in [0.1, 0.15) is 5.56 Å². The first-order chi connectivity index (χ1) is 6.70. The Morgan fingerprint density at radius 1 is 1.21 bits per heavy atom. The molecule has 2 rings (SSSR count). The number of benzene rings is 1. The quantitative estimate of drug-likeness (QED) is 0.697. The summed E-state index contributed by atoms with van der Waals surface area (Å²) in [6.07, 6.45) is 1.64. The van der Waals surface area contributed by atoms with Gasteiger partial charge in [0, 0.05) is 0 Å². The molecular weight excluding hydrogens is 180 g/mol. The van der Waals surface area contributed by atoms with E-state index in [4.69, 9.17) is 0 Å².